The lowest BCUT2D eigenvalue weighted by molar-refractivity contribution is -0.255. The summed E-state index contributed by atoms with van der Waals surface area (Å²) in [6.07, 6.45) is -6.42. The van der Waals surface area contributed by atoms with Gasteiger partial charge in [0.1, 0.15) is 36.4 Å². The highest BCUT2D eigenvalue weighted by molar-refractivity contribution is 5.77. The van der Waals surface area contributed by atoms with E-state index in [9.17, 15) is 19.5 Å². The van der Waals surface area contributed by atoms with Crippen LogP contribution < -0.4 is 9.47 Å². The van der Waals surface area contributed by atoms with Crippen molar-refractivity contribution < 1.29 is 47.9 Å². The number of esters is 3. The van der Waals surface area contributed by atoms with Gasteiger partial charge < -0.3 is 33.5 Å². The fraction of sp³-hybridized carbons (Fsp3) is 0.690. The monoisotopic (exact) mass is 552 g/mol. The summed E-state index contributed by atoms with van der Waals surface area (Å²) in [7, 11) is 2.92. The topological polar surface area (TPSA) is 127 Å². The van der Waals surface area contributed by atoms with E-state index in [1.54, 1.807) is 80.5 Å². The molecule has 0 spiro atoms. The van der Waals surface area contributed by atoms with E-state index >= 15 is 0 Å². The highest BCUT2D eigenvalue weighted by atomic mass is 16.6. The molecule has 39 heavy (non-hydrogen) atoms. The molecule has 0 aromatic heterocycles. The van der Waals surface area contributed by atoms with Crippen LogP contribution in [0.2, 0.25) is 0 Å². The molecule has 1 unspecified atom stereocenters. The number of methoxy groups -OCH3 is 2. The number of carbonyl (C=O) groups excluding carboxylic acids is 3. The smallest absolute Gasteiger partial charge is 0.311 e. The molecule has 2 rings (SSSR count). The minimum absolute atomic E-state index is 0.331. The van der Waals surface area contributed by atoms with Gasteiger partial charge in [0.2, 0.25) is 0 Å². The van der Waals surface area contributed by atoms with Crippen LogP contribution in [0.25, 0.3) is 0 Å². The maximum absolute atomic E-state index is 13.1. The number of rotatable bonds is 7. The number of ether oxygens (including phenoxy) is 6. The summed E-state index contributed by atoms with van der Waals surface area (Å²) in [5.41, 5.74) is -2.30. The van der Waals surface area contributed by atoms with E-state index in [-0.39, 0.29) is 6.61 Å². The molecule has 1 aliphatic heterocycles. The zero-order chi connectivity index (χ0) is 29.9. The molecule has 0 amide bonds. The lowest BCUT2D eigenvalue weighted by Crippen LogP contribution is -2.59. The van der Waals surface area contributed by atoms with Crippen molar-refractivity contribution in [3.8, 4) is 11.5 Å². The molecular weight excluding hydrogens is 508 g/mol. The maximum atomic E-state index is 13.1. The lowest BCUT2D eigenvalue weighted by atomic mass is 9.88. The van der Waals surface area contributed by atoms with Crippen LogP contribution in [-0.4, -0.2) is 68.3 Å². The van der Waals surface area contributed by atoms with Crippen LogP contribution in [0.3, 0.4) is 0 Å². The highest BCUT2D eigenvalue weighted by Crippen LogP contribution is 2.44. The Hall–Kier alpha value is -2.85. The molecule has 0 radical (unpaired) electrons. The van der Waals surface area contributed by atoms with E-state index in [1.165, 1.54) is 14.2 Å². The number of aliphatic hydroxyl groups excluding tert-OH is 1. The van der Waals surface area contributed by atoms with Gasteiger partial charge in [-0.05, 0) is 74.4 Å². The van der Waals surface area contributed by atoms with Gasteiger partial charge in [-0.25, -0.2) is 0 Å². The maximum Gasteiger partial charge on any atom is 0.311 e. The van der Waals surface area contributed by atoms with Gasteiger partial charge in [-0.15, -0.1) is 0 Å². The molecule has 1 heterocycles. The summed E-state index contributed by atoms with van der Waals surface area (Å²) in [6.45, 7) is 14.8. The molecule has 0 aliphatic carbocycles. The predicted octanol–water partition coefficient (Wildman–Crippen LogP) is 4.01. The van der Waals surface area contributed by atoms with Gasteiger partial charge >= 0.3 is 17.9 Å². The van der Waals surface area contributed by atoms with Crippen molar-refractivity contribution in [2.45, 2.75) is 92.8 Å². The van der Waals surface area contributed by atoms with Gasteiger partial charge in [0.15, 0.2) is 12.2 Å². The third-order valence-electron chi connectivity index (χ3n) is 6.11. The van der Waals surface area contributed by atoms with Gasteiger partial charge in [-0.3, -0.25) is 14.4 Å². The fourth-order valence-corrected chi connectivity index (χ4v) is 3.71. The van der Waals surface area contributed by atoms with Crippen molar-refractivity contribution in [2.24, 2.45) is 16.2 Å². The largest absolute Gasteiger partial charge is 0.496 e. The first-order chi connectivity index (χ1) is 17.8. The van der Waals surface area contributed by atoms with Crippen molar-refractivity contribution >= 4 is 17.9 Å². The van der Waals surface area contributed by atoms with E-state index in [4.69, 9.17) is 28.4 Å². The van der Waals surface area contributed by atoms with Gasteiger partial charge in [-0.1, -0.05) is 6.07 Å². The molecule has 1 aromatic rings. The van der Waals surface area contributed by atoms with Crippen molar-refractivity contribution in [2.75, 3.05) is 20.8 Å². The van der Waals surface area contributed by atoms with Crippen LogP contribution in [0.4, 0.5) is 0 Å². The van der Waals surface area contributed by atoms with Crippen LogP contribution in [0.15, 0.2) is 18.2 Å². The Morgan fingerprint density at radius 2 is 1.21 bits per heavy atom. The average molecular weight is 553 g/mol. The second kappa shape index (κ2) is 12.1. The van der Waals surface area contributed by atoms with Crippen molar-refractivity contribution in [3.63, 3.8) is 0 Å². The van der Waals surface area contributed by atoms with Crippen molar-refractivity contribution in [3.05, 3.63) is 23.8 Å². The molecule has 10 nitrogen and oxygen atoms in total. The zero-order valence-electron chi connectivity index (χ0n) is 24.9. The summed E-state index contributed by atoms with van der Waals surface area (Å²) >= 11 is 0. The number of carbonyl (C=O) groups is 3. The van der Waals surface area contributed by atoms with Crippen LogP contribution in [0, 0.1) is 16.2 Å². The zero-order valence-corrected chi connectivity index (χ0v) is 24.9. The minimum Gasteiger partial charge on any atom is -0.496 e. The Kier molecular flexibility index (Phi) is 10.1. The average Bonchev–Trinajstić information content (AvgIpc) is 2.82. The normalized spacial score (nSPS) is 23.9. The molecule has 0 bridgehead atoms. The standard InChI is InChI=1S/C29H44O10/c1-27(2,3)24(31)36-15-18-21(38-25(32)28(4,5)6)23(39-26(33)29(7,8)9)20(30)22(37-18)19-16(34-10)13-12-14-17(19)35-11/h12-14,18,20-23,30H,15H2,1-11H3/t18-,20+,21?,22-,23-/m1/s1. The second-order valence-electron chi connectivity index (χ2n) is 12.8. The SMILES string of the molecule is COc1cccc(OC)c1[C@H]1O[C@H](COC(=O)C(C)(C)C)C(OC(=O)C(C)(C)C)[C@H](OC(=O)C(C)(C)C)[C@H]1O. The van der Waals surface area contributed by atoms with E-state index in [1.807, 2.05) is 0 Å². The summed E-state index contributed by atoms with van der Waals surface area (Å²) < 4.78 is 34.6. The predicted molar refractivity (Wildman–Crippen MR) is 142 cm³/mol. The summed E-state index contributed by atoms with van der Waals surface area (Å²) in [6, 6.07) is 5.05. The molecule has 1 N–H and O–H groups in total. The lowest BCUT2D eigenvalue weighted by Gasteiger charge is -2.45. The number of benzene rings is 1. The minimum atomic E-state index is -1.51. The third-order valence-corrected chi connectivity index (χ3v) is 6.11. The van der Waals surface area contributed by atoms with Gasteiger partial charge in [0.05, 0.1) is 36.0 Å². The van der Waals surface area contributed by atoms with Crippen LogP contribution in [0.1, 0.15) is 74.0 Å². The molecule has 1 aromatic carbocycles. The Balaban J connectivity index is 2.66. The van der Waals surface area contributed by atoms with Gasteiger partial charge in [-0.2, -0.15) is 0 Å². The fourth-order valence-electron chi connectivity index (χ4n) is 3.71. The molecule has 1 aliphatic rings. The summed E-state index contributed by atoms with van der Waals surface area (Å²) in [4.78, 5) is 38.7. The molecule has 5 atom stereocenters. The third kappa shape index (κ3) is 7.85. The first kappa shape index (κ1) is 32.4. The quantitative estimate of drug-likeness (QED) is 0.392. The highest BCUT2D eigenvalue weighted by Gasteiger charge is 2.53. The summed E-state index contributed by atoms with van der Waals surface area (Å²) in [5.74, 6) is -1.03. The van der Waals surface area contributed by atoms with Gasteiger partial charge in [0, 0.05) is 0 Å². The van der Waals surface area contributed by atoms with Crippen LogP contribution in [0.5, 0.6) is 11.5 Å². The molecule has 1 saturated heterocycles. The Morgan fingerprint density at radius 1 is 0.769 bits per heavy atom. The molecular formula is C29H44O10. The van der Waals surface area contributed by atoms with E-state index in [0.717, 1.165) is 0 Å². The second-order valence-corrected chi connectivity index (χ2v) is 12.8. The molecule has 10 heteroatoms. The van der Waals surface area contributed by atoms with Crippen LogP contribution in [-0.2, 0) is 33.3 Å². The number of aliphatic hydroxyl groups is 1. The molecule has 1 fully saturated rings. The van der Waals surface area contributed by atoms with Crippen molar-refractivity contribution in [1.29, 1.82) is 0 Å². The molecule has 0 saturated carbocycles. The van der Waals surface area contributed by atoms with E-state index in [2.05, 4.69) is 0 Å². The van der Waals surface area contributed by atoms with Crippen molar-refractivity contribution in [1.82, 2.24) is 0 Å². The Labute approximate surface area is 231 Å². The van der Waals surface area contributed by atoms with Gasteiger partial charge in [0.25, 0.3) is 0 Å². The van der Waals surface area contributed by atoms with E-state index < -0.39 is 64.7 Å². The number of hydrogen-bond donors (Lipinski definition) is 1. The summed E-state index contributed by atoms with van der Waals surface area (Å²) in [5, 5.41) is 11.6. The molecule has 220 valence electrons. The Morgan fingerprint density at radius 3 is 1.62 bits per heavy atom. The first-order valence-electron chi connectivity index (χ1n) is 13.0. The van der Waals surface area contributed by atoms with E-state index in [0.29, 0.717) is 17.1 Å². The van der Waals surface area contributed by atoms with Crippen LogP contribution >= 0.6 is 0 Å². The number of hydrogen-bond acceptors (Lipinski definition) is 10. The first-order valence-corrected chi connectivity index (χ1v) is 13.0. The Bertz CT molecular complexity index is 1010.